The molecule has 1 aromatic heterocycles. The molecule has 0 unspecified atom stereocenters. The van der Waals surface area contributed by atoms with Crippen LogP contribution in [0.3, 0.4) is 0 Å². The van der Waals surface area contributed by atoms with Crippen molar-refractivity contribution in [2.75, 3.05) is 6.54 Å². The minimum atomic E-state index is 0.193. The standard InChI is InChI=1S/C19H19N3S2/c1-2-11-20-19(23)22-18(16-8-5-12-24-16)15-10-9-13-6-3-4-7-14(13)17(15)21-22/h2-8,12,15,18H,1,9-11H2,(H,20,23)/t15-,18-/m1/s1. The van der Waals surface area contributed by atoms with Gasteiger partial charge >= 0.3 is 0 Å². The van der Waals surface area contributed by atoms with Crippen molar-refractivity contribution in [1.82, 2.24) is 10.3 Å². The van der Waals surface area contributed by atoms with Crippen LogP contribution in [0.2, 0.25) is 0 Å². The molecule has 24 heavy (non-hydrogen) atoms. The Balaban J connectivity index is 1.75. The minimum absolute atomic E-state index is 0.193. The largest absolute Gasteiger partial charge is 0.358 e. The number of rotatable bonds is 3. The molecule has 2 aromatic rings. The summed E-state index contributed by atoms with van der Waals surface area (Å²) in [7, 11) is 0. The number of hydrogen-bond acceptors (Lipinski definition) is 3. The molecule has 1 aromatic carbocycles. The van der Waals surface area contributed by atoms with Crippen LogP contribution in [0.15, 0.2) is 59.5 Å². The highest BCUT2D eigenvalue weighted by molar-refractivity contribution is 7.80. The molecule has 3 nitrogen and oxygen atoms in total. The summed E-state index contributed by atoms with van der Waals surface area (Å²) in [5.41, 5.74) is 3.85. The van der Waals surface area contributed by atoms with Gasteiger partial charge in [-0.05, 0) is 42.1 Å². The van der Waals surface area contributed by atoms with Crippen molar-refractivity contribution < 1.29 is 0 Å². The number of hydrazone groups is 1. The molecule has 0 fully saturated rings. The molecule has 1 aliphatic heterocycles. The van der Waals surface area contributed by atoms with Crippen LogP contribution < -0.4 is 5.32 Å². The van der Waals surface area contributed by atoms with Gasteiger partial charge in [-0.25, -0.2) is 5.01 Å². The van der Waals surface area contributed by atoms with E-state index in [2.05, 4.69) is 53.7 Å². The highest BCUT2D eigenvalue weighted by atomic mass is 32.1. The van der Waals surface area contributed by atoms with Crippen LogP contribution in [-0.2, 0) is 6.42 Å². The van der Waals surface area contributed by atoms with Gasteiger partial charge in [0.2, 0.25) is 0 Å². The van der Waals surface area contributed by atoms with Gasteiger partial charge in [0.15, 0.2) is 5.11 Å². The van der Waals surface area contributed by atoms with Crippen molar-refractivity contribution >= 4 is 34.4 Å². The first-order chi connectivity index (χ1) is 11.8. The van der Waals surface area contributed by atoms with Crippen molar-refractivity contribution in [3.05, 3.63) is 70.4 Å². The van der Waals surface area contributed by atoms with Gasteiger partial charge in [0.1, 0.15) is 0 Å². The summed E-state index contributed by atoms with van der Waals surface area (Å²) in [6.45, 7) is 4.41. The molecular weight excluding hydrogens is 334 g/mol. The molecule has 0 amide bonds. The van der Waals surface area contributed by atoms with E-state index in [0.29, 0.717) is 17.6 Å². The van der Waals surface area contributed by atoms with E-state index >= 15 is 0 Å². The summed E-state index contributed by atoms with van der Waals surface area (Å²) >= 11 is 7.40. The van der Waals surface area contributed by atoms with Crippen LogP contribution in [-0.4, -0.2) is 22.4 Å². The first kappa shape index (κ1) is 15.5. The second kappa shape index (κ2) is 6.49. The molecule has 2 heterocycles. The molecule has 122 valence electrons. The van der Waals surface area contributed by atoms with Crippen molar-refractivity contribution in [3.8, 4) is 0 Å². The van der Waals surface area contributed by atoms with E-state index in [1.54, 1.807) is 11.3 Å². The van der Waals surface area contributed by atoms with Gasteiger partial charge in [-0.1, -0.05) is 36.4 Å². The average molecular weight is 354 g/mol. The summed E-state index contributed by atoms with van der Waals surface area (Å²) < 4.78 is 0. The van der Waals surface area contributed by atoms with Crippen LogP contribution >= 0.6 is 23.6 Å². The van der Waals surface area contributed by atoms with Crippen LogP contribution in [0, 0.1) is 5.92 Å². The van der Waals surface area contributed by atoms with E-state index < -0.39 is 0 Å². The Morgan fingerprint density at radius 3 is 3.04 bits per heavy atom. The monoisotopic (exact) mass is 353 g/mol. The van der Waals surface area contributed by atoms with Gasteiger partial charge in [-0.15, -0.1) is 17.9 Å². The Morgan fingerprint density at radius 1 is 1.38 bits per heavy atom. The number of thiocarbonyl (C=S) groups is 1. The van der Waals surface area contributed by atoms with Crippen LogP contribution in [0.4, 0.5) is 0 Å². The Kier molecular flexibility index (Phi) is 4.21. The maximum absolute atomic E-state index is 5.62. The summed E-state index contributed by atoms with van der Waals surface area (Å²) in [5, 5.41) is 13.0. The van der Waals surface area contributed by atoms with E-state index in [1.165, 1.54) is 21.7 Å². The molecule has 0 radical (unpaired) electrons. The van der Waals surface area contributed by atoms with Crippen molar-refractivity contribution in [3.63, 3.8) is 0 Å². The predicted octanol–water partition coefficient (Wildman–Crippen LogP) is 4.13. The highest BCUT2D eigenvalue weighted by Gasteiger charge is 2.43. The smallest absolute Gasteiger partial charge is 0.190 e. The number of nitrogens with zero attached hydrogens (tertiary/aromatic N) is 2. The van der Waals surface area contributed by atoms with Gasteiger partial charge in [0.05, 0.1) is 11.8 Å². The van der Waals surface area contributed by atoms with Crippen molar-refractivity contribution in [2.45, 2.75) is 18.9 Å². The molecule has 0 bridgehead atoms. The van der Waals surface area contributed by atoms with Crippen LogP contribution in [0.25, 0.3) is 0 Å². The zero-order valence-electron chi connectivity index (χ0n) is 13.3. The Hall–Kier alpha value is -1.98. The lowest BCUT2D eigenvalue weighted by Crippen LogP contribution is -2.38. The molecule has 2 aliphatic rings. The van der Waals surface area contributed by atoms with E-state index in [0.717, 1.165) is 12.8 Å². The lowest BCUT2D eigenvalue weighted by atomic mass is 9.79. The molecule has 1 aliphatic carbocycles. The number of benzene rings is 1. The molecular formula is C19H19N3S2. The topological polar surface area (TPSA) is 27.6 Å². The maximum Gasteiger partial charge on any atom is 0.190 e. The molecule has 0 saturated heterocycles. The third-order valence-corrected chi connectivity index (χ3v) is 5.94. The fourth-order valence-electron chi connectivity index (χ4n) is 3.61. The third kappa shape index (κ3) is 2.58. The molecule has 4 rings (SSSR count). The molecule has 0 saturated carbocycles. The Labute approximate surface area is 151 Å². The maximum atomic E-state index is 5.62. The molecule has 5 heteroatoms. The quantitative estimate of drug-likeness (QED) is 0.664. The van der Waals surface area contributed by atoms with Gasteiger partial charge in [0.25, 0.3) is 0 Å². The molecule has 0 spiro atoms. The van der Waals surface area contributed by atoms with Gasteiger partial charge in [-0.3, -0.25) is 0 Å². The normalized spacial score (nSPS) is 21.7. The van der Waals surface area contributed by atoms with E-state index in [-0.39, 0.29) is 6.04 Å². The first-order valence-corrected chi connectivity index (χ1v) is 9.46. The van der Waals surface area contributed by atoms with Crippen molar-refractivity contribution in [1.29, 1.82) is 0 Å². The molecule has 1 N–H and O–H groups in total. The third-order valence-electron chi connectivity index (χ3n) is 4.67. The SMILES string of the molecule is C=CCNC(=S)N1N=C2c3ccccc3CC[C@H]2[C@@H]1c1cccs1. The fourth-order valence-corrected chi connectivity index (χ4v) is 4.72. The molecule has 2 atom stereocenters. The van der Waals surface area contributed by atoms with Gasteiger partial charge < -0.3 is 5.32 Å². The lowest BCUT2D eigenvalue weighted by molar-refractivity contribution is 0.309. The van der Waals surface area contributed by atoms with Crippen LogP contribution in [0.1, 0.15) is 28.5 Å². The zero-order valence-corrected chi connectivity index (χ0v) is 14.9. The summed E-state index contributed by atoms with van der Waals surface area (Å²) in [4.78, 5) is 1.32. The second-order valence-corrected chi connectivity index (χ2v) is 7.43. The average Bonchev–Trinajstić information content (AvgIpc) is 3.26. The first-order valence-electron chi connectivity index (χ1n) is 8.17. The number of aryl methyl sites for hydroxylation is 1. The van der Waals surface area contributed by atoms with E-state index in [1.807, 2.05) is 11.1 Å². The van der Waals surface area contributed by atoms with Crippen molar-refractivity contribution in [2.24, 2.45) is 11.0 Å². The number of nitrogens with one attached hydrogen (secondary N) is 1. The van der Waals surface area contributed by atoms with Crippen LogP contribution in [0.5, 0.6) is 0 Å². The second-order valence-electron chi connectivity index (χ2n) is 6.07. The van der Waals surface area contributed by atoms with Gasteiger partial charge in [0, 0.05) is 22.9 Å². The van der Waals surface area contributed by atoms with E-state index in [4.69, 9.17) is 17.3 Å². The zero-order chi connectivity index (χ0) is 16.5. The fraction of sp³-hybridized carbons (Fsp3) is 0.263. The van der Waals surface area contributed by atoms with Gasteiger partial charge in [-0.2, -0.15) is 5.10 Å². The number of fused-ring (bicyclic) bond motifs is 3. The Morgan fingerprint density at radius 2 is 2.25 bits per heavy atom. The summed E-state index contributed by atoms with van der Waals surface area (Å²) in [6.07, 6.45) is 4.03. The lowest BCUT2D eigenvalue weighted by Gasteiger charge is -2.29. The summed E-state index contributed by atoms with van der Waals surface area (Å²) in [5.74, 6) is 0.391. The minimum Gasteiger partial charge on any atom is -0.358 e. The Bertz CT molecular complexity index is 795. The van der Waals surface area contributed by atoms with E-state index in [9.17, 15) is 0 Å². The highest BCUT2D eigenvalue weighted by Crippen LogP contribution is 2.44. The number of hydrogen-bond donors (Lipinski definition) is 1. The summed E-state index contributed by atoms with van der Waals surface area (Å²) in [6, 6.07) is 13.1. The number of thiophene rings is 1. The predicted molar refractivity (Wildman–Crippen MR) is 104 cm³/mol.